The number of nitrogens with one attached hydrogen (secondary N) is 1. The third-order valence-corrected chi connectivity index (χ3v) is 3.35. The molecule has 6 heteroatoms. The number of aromatic carboxylic acids is 1. The smallest absolute Gasteiger partial charge is 0.338 e. The Hall–Kier alpha value is -1.95. The molecule has 1 aromatic heterocycles. The number of aromatic nitrogens is 1. The lowest BCUT2D eigenvalue weighted by atomic mass is 10.2. The van der Waals surface area contributed by atoms with Crippen LogP contribution in [0.1, 0.15) is 41.1 Å². The molecule has 0 spiro atoms. The van der Waals surface area contributed by atoms with Gasteiger partial charge in [0.1, 0.15) is 5.69 Å². The number of hydrogen-bond acceptors (Lipinski definition) is 4. The average molecular weight is 279 g/mol. The van der Waals surface area contributed by atoms with E-state index in [2.05, 4.69) is 29.0 Å². The Morgan fingerprint density at radius 3 is 2.80 bits per heavy atom. The molecule has 1 unspecified atom stereocenters. The molecule has 1 atom stereocenters. The van der Waals surface area contributed by atoms with Gasteiger partial charge in [-0.25, -0.2) is 4.79 Å². The first-order valence-electron chi connectivity index (χ1n) is 6.64. The second-order valence-corrected chi connectivity index (χ2v) is 4.70. The second kappa shape index (κ2) is 7.59. The molecule has 6 nitrogen and oxygen atoms in total. The van der Waals surface area contributed by atoms with Crippen molar-refractivity contribution >= 4 is 11.9 Å². The van der Waals surface area contributed by atoms with E-state index in [9.17, 15) is 9.59 Å². The number of carboxylic acid groups (broad SMARTS) is 1. The maximum atomic E-state index is 11.9. The summed E-state index contributed by atoms with van der Waals surface area (Å²) in [6.07, 6.45) is 2.44. The van der Waals surface area contributed by atoms with Crippen molar-refractivity contribution in [2.24, 2.45) is 0 Å². The largest absolute Gasteiger partial charge is 0.478 e. The van der Waals surface area contributed by atoms with Crippen LogP contribution in [0.4, 0.5) is 0 Å². The van der Waals surface area contributed by atoms with E-state index in [1.807, 2.05) is 7.05 Å². The first kappa shape index (κ1) is 16.1. The lowest BCUT2D eigenvalue weighted by Gasteiger charge is -2.23. The zero-order valence-corrected chi connectivity index (χ0v) is 12.1. The van der Waals surface area contributed by atoms with E-state index in [1.54, 1.807) is 0 Å². The summed E-state index contributed by atoms with van der Waals surface area (Å²) in [5, 5.41) is 11.7. The van der Waals surface area contributed by atoms with Gasteiger partial charge in [0.05, 0.1) is 5.56 Å². The van der Waals surface area contributed by atoms with Crippen LogP contribution in [0.2, 0.25) is 0 Å². The van der Waals surface area contributed by atoms with Crippen LogP contribution in [0.3, 0.4) is 0 Å². The normalized spacial score (nSPS) is 12.2. The minimum atomic E-state index is -1.15. The SMILES string of the molecule is CCC(C)N(C)CCNC(=O)c1ncccc1C(=O)O. The summed E-state index contributed by atoms with van der Waals surface area (Å²) >= 11 is 0. The fourth-order valence-corrected chi connectivity index (χ4v) is 1.72. The van der Waals surface area contributed by atoms with Crippen molar-refractivity contribution in [3.8, 4) is 0 Å². The van der Waals surface area contributed by atoms with Gasteiger partial charge >= 0.3 is 5.97 Å². The van der Waals surface area contributed by atoms with Crippen LogP contribution in [0.15, 0.2) is 18.3 Å². The molecule has 0 saturated carbocycles. The molecule has 2 N–H and O–H groups in total. The van der Waals surface area contributed by atoms with E-state index in [-0.39, 0.29) is 11.3 Å². The van der Waals surface area contributed by atoms with E-state index < -0.39 is 11.9 Å². The average Bonchev–Trinajstić information content (AvgIpc) is 2.45. The van der Waals surface area contributed by atoms with E-state index in [4.69, 9.17) is 5.11 Å². The Morgan fingerprint density at radius 2 is 2.20 bits per heavy atom. The number of rotatable bonds is 7. The lowest BCUT2D eigenvalue weighted by Crippen LogP contribution is -2.37. The number of nitrogens with zero attached hydrogens (tertiary/aromatic N) is 2. The summed E-state index contributed by atoms with van der Waals surface area (Å²) in [5.74, 6) is -1.61. The van der Waals surface area contributed by atoms with Crippen LogP contribution < -0.4 is 5.32 Å². The molecule has 0 aliphatic heterocycles. The van der Waals surface area contributed by atoms with E-state index in [0.717, 1.165) is 6.42 Å². The third-order valence-electron chi connectivity index (χ3n) is 3.35. The molecular weight excluding hydrogens is 258 g/mol. The van der Waals surface area contributed by atoms with Crippen molar-refractivity contribution in [3.63, 3.8) is 0 Å². The molecular formula is C14H21N3O3. The van der Waals surface area contributed by atoms with Gasteiger partial charge in [0.2, 0.25) is 0 Å². The summed E-state index contributed by atoms with van der Waals surface area (Å²) in [6.45, 7) is 5.38. The molecule has 1 heterocycles. The molecule has 0 aliphatic rings. The second-order valence-electron chi connectivity index (χ2n) is 4.70. The Labute approximate surface area is 118 Å². The fraction of sp³-hybridized carbons (Fsp3) is 0.500. The topological polar surface area (TPSA) is 82.5 Å². The molecule has 0 bridgehead atoms. The predicted molar refractivity (Wildman–Crippen MR) is 75.9 cm³/mol. The number of pyridine rings is 1. The fourth-order valence-electron chi connectivity index (χ4n) is 1.72. The Kier molecular flexibility index (Phi) is 6.11. The van der Waals surface area contributed by atoms with Gasteiger partial charge in [0.15, 0.2) is 0 Å². The molecule has 0 radical (unpaired) electrons. The summed E-state index contributed by atoms with van der Waals surface area (Å²) in [4.78, 5) is 28.9. The highest BCUT2D eigenvalue weighted by atomic mass is 16.4. The summed E-state index contributed by atoms with van der Waals surface area (Å²) in [5.41, 5.74) is -0.133. The number of likely N-dealkylation sites (N-methyl/N-ethyl adjacent to an activating group) is 1. The highest BCUT2D eigenvalue weighted by Gasteiger charge is 2.17. The lowest BCUT2D eigenvalue weighted by molar-refractivity contribution is 0.0690. The number of amides is 1. The van der Waals surface area contributed by atoms with Gasteiger partial charge in [-0.15, -0.1) is 0 Å². The van der Waals surface area contributed by atoms with E-state index in [1.165, 1.54) is 18.3 Å². The van der Waals surface area contributed by atoms with Crippen molar-refractivity contribution in [2.45, 2.75) is 26.3 Å². The first-order valence-corrected chi connectivity index (χ1v) is 6.64. The summed E-state index contributed by atoms with van der Waals surface area (Å²) in [6, 6.07) is 3.31. The molecule has 110 valence electrons. The highest BCUT2D eigenvalue weighted by molar-refractivity contribution is 6.03. The Morgan fingerprint density at radius 1 is 1.50 bits per heavy atom. The molecule has 0 aliphatic carbocycles. The molecule has 1 aromatic rings. The molecule has 0 aromatic carbocycles. The van der Waals surface area contributed by atoms with Crippen LogP contribution in [0.5, 0.6) is 0 Å². The van der Waals surface area contributed by atoms with Crippen LogP contribution >= 0.6 is 0 Å². The van der Waals surface area contributed by atoms with Crippen LogP contribution in [-0.4, -0.2) is 53.0 Å². The Balaban J connectivity index is 2.58. The number of hydrogen-bond donors (Lipinski definition) is 2. The maximum Gasteiger partial charge on any atom is 0.338 e. The van der Waals surface area contributed by atoms with E-state index >= 15 is 0 Å². The highest BCUT2D eigenvalue weighted by Crippen LogP contribution is 2.05. The van der Waals surface area contributed by atoms with Crippen molar-refractivity contribution < 1.29 is 14.7 Å². The minimum absolute atomic E-state index is 0.0498. The summed E-state index contributed by atoms with van der Waals surface area (Å²) < 4.78 is 0. The maximum absolute atomic E-state index is 11.9. The van der Waals surface area contributed by atoms with Crippen molar-refractivity contribution in [3.05, 3.63) is 29.6 Å². The van der Waals surface area contributed by atoms with Crippen LogP contribution in [0.25, 0.3) is 0 Å². The number of carbonyl (C=O) groups excluding carboxylic acids is 1. The van der Waals surface area contributed by atoms with Gasteiger partial charge in [-0.1, -0.05) is 6.92 Å². The van der Waals surface area contributed by atoms with Crippen molar-refractivity contribution in [1.29, 1.82) is 0 Å². The van der Waals surface area contributed by atoms with Gasteiger partial charge in [0.25, 0.3) is 5.91 Å². The monoisotopic (exact) mass is 279 g/mol. The predicted octanol–water partition coefficient (Wildman–Crippen LogP) is 1.24. The van der Waals surface area contributed by atoms with Gasteiger partial charge in [0, 0.05) is 25.3 Å². The van der Waals surface area contributed by atoms with Crippen LogP contribution in [0, 0.1) is 0 Å². The Bertz CT molecular complexity index is 476. The zero-order chi connectivity index (χ0) is 15.1. The van der Waals surface area contributed by atoms with Gasteiger partial charge < -0.3 is 15.3 Å². The number of carboxylic acids is 1. The van der Waals surface area contributed by atoms with Crippen LogP contribution in [-0.2, 0) is 0 Å². The molecule has 1 amide bonds. The zero-order valence-electron chi connectivity index (χ0n) is 12.1. The summed E-state index contributed by atoms with van der Waals surface area (Å²) in [7, 11) is 1.99. The third kappa shape index (κ3) is 4.31. The molecule has 0 fully saturated rings. The van der Waals surface area contributed by atoms with E-state index in [0.29, 0.717) is 19.1 Å². The van der Waals surface area contributed by atoms with Gasteiger partial charge in [-0.3, -0.25) is 9.78 Å². The molecule has 20 heavy (non-hydrogen) atoms. The van der Waals surface area contributed by atoms with Crippen molar-refractivity contribution in [1.82, 2.24) is 15.2 Å². The molecule has 1 rings (SSSR count). The quantitative estimate of drug-likeness (QED) is 0.784. The number of carbonyl (C=O) groups is 2. The minimum Gasteiger partial charge on any atom is -0.478 e. The van der Waals surface area contributed by atoms with Gasteiger partial charge in [-0.05, 0) is 32.5 Å². The van der Waals surface area contributed by atoms with Crippen molar-refractivity contribution in [2.75, 3.05) is 20.1 Å². The molecule has 0 saturated heterocycles. The first-order chi connectivity index (χ1) is 9.47. The van der Waals surface area contributed by atoms with Gasteiger partial charge in [-0.2, -0.15) is 0 Å². The standard InChI is InChI=1S/C14H21N3O3/c1-4-10(2)17(3)9-8-16-13(18)12-11(14(19)20)6-5-7-15-12/h5-7,10H,4,8-9H2,1-3H3,(H,16,18)(H,19,20).